The summed E-state index contributed by atoms with van der Waals surface area (Å²) in [5.41, 5.74) is 3.31. The molecular formula is C27H35N3O4. The van der Waals surface area contributed by atoms with Crippen LogP contribution in [0.4, 0.5) is 0 Å². The van der Waals surface area contributed by atoms with Crippen molar-refractivity contribution in [2.45, 2.75) is 52.2 Å². The maximum absolute atomic E-state index is 13.6. The van der Waals surface area contributed by atoms with Crippen LogP contribution >= 0.6 is 0 Å². The van der Waals surface area contributed by atoms with Gasteiger partial charge in [-0.3, -0.25) is 9.59 Å². The number of amides is 2. The van der Waals surface area contributed by atoms with Crippen LogP contribution in [0.5, 0.6) is 5.88 Å². The highest BCUT2D eigenvalue weighted by atomic mass is 16.5. The molecule has 2 amide bonds. The molecule has 2 aromatic rings. The minimum atomic E-state index is -0.349. The summed E-state index contributed by atoms with van der Waals surface area (Å²) in [5, 5.41) is 9.85. The van der Waals surface area contributed by atoms with Crippen molar-refractivity contribution in [1.82, 2.24) is 14.8 Å². The molecule has 1 aromatic heterocycles. The van der Waals surface area contributed by atoms with Gasteiger partial charge < -0.3 is 19.6 Å². The number of hydrogen-bond acceptors (Lipinski definition) is 5. The zero-order valence-electron chi connectivity index (χ0n) is 20.5. The fourth-order valence-corrected chi connectivity index (χ4v) is 4.46. The minimum absolute atomic E-state index is 0.0554. The highest BCUT2D eigenvalue weighted by Gasteiger charge is 2.35. The first-order chi connectivity index (χ1) is 16.3. The van der Waals surface area contributed by atoms with Crippen LogP contribution in [-0.4, -0.2) is 70.6 Å². The molecule has 1 N–H and O–H groups in total. The van der Waals surface area contributed by atoms with Gasteiger partial charge in [-0.2, -0.15) is 0 Å². The Morgan fingerprint density at radius 1 is 1.29 bits per heavy atom. The van der Waals surface area contributed by atoms with E-state index in [4.69, 9.17) is 4.74 Å². The van der Waals surface area contributed by atoms with Gasteiger partial charge in [0.25, 0.3) is 5.91 Å². The van der Waals surface area contributed by atoms with E-state index >= 15 is 0 Å². The standard InChI is InChI=1S/C27H35N3O4/c1-17-7-5-6-8-22(17)21-12-23-26(28-13-21)34-24(15-29(4)25(32)11-20-9-10-20)18(2)14-30(27(23)33)19(3)16-31/h5-8,12-13,18-20,24,31H,9-11,14-16H2,1-4H3/t18-,19+,24-/m0/s1. The zero-order chi connectivity index (χ0) is 24.4. The minimum Gasteiger partial charge on any atom is -0.472 e. The Bertz CT molecular complexity index is 1050. The molecule has 0 bridgehead atoms. The summed E-state index contributed by atoms with van der Waals surface area (Å²) < 4.78 is 6.33. The molecule has 182 valence electrons. The van der Waals surface area contributed by atoms with Crippen molar-refractivity contribution in [2.24, 2.45) is 11.8 Å². The van der Waals surface area contributed by atoms with E-state index in [1.807, 2.05) is 58.2 Å². The largest absolute Gasteiger partial charge is 0.472 e. The summed E-state index contributed by atoms with van der Waals surface area (Å²) >= 11 is 0. The Hall–Kier alpha value is -2.93. The average Bonchev–Trinajstić information content (AvgIpc) is 3.64. The Morgan fingerprint density at radius 2 is 2.03 bits per heavy atom. The van der Waals surface area contributed by atoms with Crippen LogP contribution in [0.3, 0.4) is 0 Å². The number of carbonyl (C=O) groups excluding carboxylic acids is 2. The normalized spacial score (nSPS) is 21.2. The van der Waals surface area contributed by atoms with Gasteiger partial charge in [-0.05, 0) is 49.8 Å². The predicted octanol–water partition coefficient (Wildman–Crippen LogP) is 3.54. The maximum atomic E-state index is 13.6. The molecule has 34 heavy (non-hydrogen) atoms. The van der Waals surface area contributed by atoms with Gasteiger partial charge in [-0.25, -0.2) is 4.98 Å². The van der Waals surface area contributed by atoms with Gasteiger partial charge in [0.05, 0.1) is 19.2 Å². The molecule has 3 atom stereocenters. The Balaban J connectivity index is 1.67. The van der Waals surface area contributed by atoms with Crippen molar-refractivity contribution in [3.63, 3.8) is 0 Å². The fraction of sp³-hybridized carbons (Fsp3) is 0.519. The Morgan fingerprint density at radius 3 is 2.71 bits per heavy atom. The van der Waals surface area contributed by atoms with E-state index in [1.54, 1.807) is 16.0 Å². The number of likely N-dealkylation sites (N-methyl/N-ethyl adjacent to an activating group) is 1. The first-order valence-electron chi connectivity index (χ1n) is 12.2. The molecule has 0 saturated heterocycles. The fourth-order valence-electron chi connectivity index (χ4n) is 4.46. The second kappa shape index (κ2) is 10.1. The van der Waals surface area contributed by atoms with E-state index in [0.29, 0.717) is 31.0 Å². The molecule has 7 nitrogen and oxygen atoms in total. The lowest BCUT2D eigenvalue weighted by Crippen LogP contribution is -2.50. The number of aliphatic hydroxyl groups is 1. The molecule has 0 unspecified atom stereocenters. The van der Waals surface area contributed by atoms with Crippen molar-refractivity contribution < 1.29 is 19.4 Å². The van der Waals surface area contributed by atoms with Gasteiger partial charge >= 0.3 is 0 Å². The van der Waals surface area contributed by atoms with Crippen LogP contribution in [0.15, 0.2) is 36.5 Å². The summed E-state index contributed by atoms with van der Waals surface area (Å²) in [6.07, 6.45) is 4.25. The van der Waals surface area contributed by atoms with Crippen molar-refractivity contribution in [3.8, 4) is 17.0 Å². The maximum Gasteiger partial charge on any atom is 0.259 e. The van der Waals surface area contributed by atoms with E-state index in [-0.39, 0.29) is 42.4 Å². The number of aliphatic hydroxyl groups excluding tert-OH is 1. The molecule has 2 aliphatic rings. The molecule has 0 radical (unpaired) electrons. The number of aryl methyl sites for hydroxylation is 1. The number of nitrogens with zero attached hydrogens (tertiary/aromatic N) is 3. The van der Waals surface area contributed by atoms with E-state index in [2.05, 4.69) is 4.98 Å². The second-order valence-electron chi connectivity index (χ2n) is 9.94. The van der Waals surface area contributed by atoms with Crippen LogP contribution in [0.2, 0.25) is 0 Å². The summed E-state index contributed by atoms with van der Waals surface area (Å²) in [6.45, 7) is 6.58. The molecule has 1 aliphatic carbocycles. The van der Waals surface area contributed by atoms with Crippen molar-refractivity contribution in [3.05, 3.63) is 47.7 Å². The highest BCUT2D eigenvalue weighted by molar-refractivity contribution is 5.98. The van der Waals surface area contributed by atoms with Crippen LogP contribution in [0.25, 0.3) is 11.1 Å². The molecule has 1 fully saturated rings. The summed E-state index contributed by atoms with van der Waals surface area (Å²) in [7, 11) is 1.81. The molecule has 1 aliphatic heterocycles. The van der Waals surface area contributed by atoms with Crippen molar-refractivity contribution >= 4 is 11.8 Å². The van der Waals surface area contributed by atoms with Gasteiger partial charge in [-0.1, -0.05) is 31.2 Å². The van der Waals surface area contributed by atoms with Crippen molar-refractivity contribution in [1.29, 1.82) is 0 Å². The number of aromatic nitrogens is 1. The second-order valence-corrected chi connectivity index (χ2v) is 9.94. The monoisotopic (exact) mass is 465 g/mol. The quantitative estimate of drug-likeness (QED) is 0.676. The first-order valence-corrected chi connectivity index (χ1v) is 12.2. The number of ether oxygens (including phenoxy) is 1. The molecular weight excluding hydrogens is 430 g/mol. The molecule has 0 spiro atoms. The zero-order valence-corrected chi connectivity index (χ0v) is 20.5. The molecule has 1 aromatic carbocycles. The smallest absolute Gasteiger partial charge is 0.259 e. The molecule has 2 heterocycles. The molecule has 1 saturated carbocycles. The van der Waals surface area contributed by atoms with Crippen LogP contribution in [0.1, 0.15) is 49.0 Å². The van der Waals surface area contributed by atoms with Crippen LogP contribution in [-0.2, 0) is 4.79 Å². The number of rotatable bonds is 7. The average molecular weight is 466 g/mol. The molecule has 4 rings (SSSR count). The summed E-state index contributed by atoms with van der Waals surface area (Å²) in [4.78, 5) is 34.2. The van der Waals surface area contributed by atoms with Gasteiger partial charge in [0, 0.05) is 37.7 Å². The van der Waals surface area contributed by atoms with E-state index < -0.39 is 0 Å². The Labute approximate surface area is 201 Å². The Kier molecular flexibility index (Phi) is 7.22. The predicted molar refractivity (Wildman–Crippen MR) is 131 cm³/mol. The molecule has 7 heteroatoms. The summed E-state index contributed by atoms with van der Waals surface area (Å²) in [6, 6.07) is 9.45. The SMILES string of the molecule is Cc1ccccc1-c1cnc2c(c1)C(=O)N([C@H](C)CO)C[C@H](C)[C@H](CN(C)C(=O)CC1CC1)O2. The topological polar surface area (TPSA) is 83.0 Å². The lowest BCUT2D eigenvalue weighted by atomic mass is 9.98. The lowest BCUT2D eigenvalue weighted by Gasteiger charge is -2.37. The highest BCUT2D eigenvalue weighted by Crippen LogP contribution is 2.34. The number of hydrogen-bond donors (Lipinski definition) is 1. The third kappa shape index (κ3) is 5.25. The number of pyridine rings is 1. The van der Waals surface area contributed by atoms with Gasteiger partial charge in [0.15, 0.2) is 0 Å². The van der Waals surface area contributed by atoms with E-state index in [9.17, 15) is 14.7 Å². The van der Waals surface area contributed by atoms with E-state index in [0.717, 1.165) is 29.5 Å². The number of carbonyl (C=O) groups is 2. The van der Waals surface area contributed by atoms with Gasteiger partial charge in [-0.15, -0.1) is 0 Å². The van der Waals surface area contributed by atoms with Gasteiger partial charge in [0.1, 0.15) is 11.7 Å². The number of fused-ring (bicyclic) bond motifs is 1. The van der Waals surface area contributed by atoms with Gasteiger partial charge in [0.2, 0.25) is 11.8 Å². The lowest BCUT2D eigenvalue weighted by molar-refractivity contribution is -0.131. The first kappa shape index (κ1) is 24.2. The van der Waals surface area contributed by atoms with E-state index in [1.165, 1.54) is 0 Å². The third-order valence-corrected chi connectivity index (χ3v) is 7.02. The van der Waals surface area contributed by atoms with Crippen LogP contribution < -0.4 is 4.74 Å². The number of benzene rings is 1. The third-order valence-electron chi connectivity index (χ3n) is 7.02. The van der Waals surface area contributed by atoms with Crippen LogP contribution in [0, 0.1) is 18.8 Å². The van der Waals surface area contributed by atoms with Crippen molar-refractivity contribution in [2.75, 3.05) is 26.7 Å². The summed E-state index contributed by atoms with van der Waals surface area (Å²) in [5.74, 6) is 0.659.